The van der Waals surface area contributed by atoms with Crippen molar-refractivity contribution < 1.29 is 14.3 Å². The Hall–Kier alpha value is -3.33. The molecule has 2 aromatic heterocycles. The molecule has 2 amide bonds. The first kappa shape index (κ1) is 21.9. The van der Waals surface area contributed by atoms with Gasteiger partial charge in [-0.1, -0.05) is 12.1 Å². The number of rotatable bonds is 7. The van der Waals surface area contributed by atoms with Crippen LogP contribution >= 0.6 is 0 Å². The Labute approximate surface area is 186 Å². The maximum atomic E-state index is 13.2. The minimum absolute atomic E-state index is 0.110. The summed E-state index contributed by atoms with van der Waals surface area (Å²) in [6.45, 7) is 2.47. The number of benzene rings is 1. The van der Waals surface area contributed by atoms with Crippen LogP contribution in [0.1, 0.15) is 24.4 Å². The van der Waals surface area contributed by atoms with Gasteiger partial charge in [0.15, 0.2) is 5.65 Å². The van der Waals surface area contributed by atoms with E-state index in [0.29, 0.717) is 38.4 Å². The van der Waals surface area contributed by atoms with Crippen LogP contribution in [-0.4, -0.2) is 59.0 Å². The third-order valence-electron chi connectivity index (χ3n) is 5.89. The number of ether oxygens (including phenoxy) is 2. The average molecular weight is 440 g/mol. The van der Waals surface area contributed by atoms with E-state index in [1.54, 1.807) is 34.5 Å². The van der Waals surface area contributed by atoms with Crippen molar-refractivity contribution in [1.82, 2.24) is 24.3 Å². The van der Waals surface area contributed by atoms with E-state index in [1.165, 1.54) is 0 Å². The second kappa shape index (κ2) is 9.86. The van der Waals surface area contributed by atoms with Crippen molar-refractivity contribution in [2.24, 2.45) is 0 Å². The molecule has 0 radical (unpaired) electrons. The fourth-order valence-electron chi connectivity index (χ4n) is 4.22. The molecule has 1 atom stereocenters. The van der Waals surface area contributed by atoms with Gasteiger partial charge in [0, 0.05) is 32.9 Å². The topological polar surface area (TPSA) is 90.6 Å². The van der Waals surface area contributed by atoms with Gasteiger partial charge in [0.2, 0.25) is 0 Å². The van der Waals surface area contributed by atoms with Gasteiger partial charge in [-0.3, -0.25) is 9.13 Å². The lowest BCUT2D eigenvalue weighted by Gasteiger charge is -2.33. The summed E-state index contributed by atoms with van der Waals surface area (Å²) in [6, 6.07) is 11.1. The first-order chi connectivity index (χ1) is 15.6. The number of likely N-dealkylation sites (tertiary alicyclic amines) is 1. The summed E-state index contributed by atoms with van der Waals surface area (Å²) in [4.78, 5) is 32.3. The van der Waals surface area contributed by atoms with E-state index in [-0.39, 0.29) is 17.8 Å². The van der Waals surface area contributed by atoms with Crippen molar-refractivity contribution >= 4 is 17.2 Å². The number of amides is 2. The maximum Gasteiger partial charge on any atom is 0.330 e. The maximum absolute atomic E-state index is 13.2. The Bertz CT molecular complexity index is 1120. The molecule has 0 saturated carbocycles. The number of hydrogen-bond donors (Lipinski definition) is 1. The van der Waals surface area contributed by atoms with E-state index >= 15 is 0 Å². The highest BCUT2D eigenvalue weighted by atomic mass is 16.5. The lowest BCUT2D eigenvalue weighted by molar-refractivity contribution is 0.165. The number of imidazole rings is 1. The summed E-state index contributed by atoms with van der Waals surface area (Å²) < 4.78 is 13.8. The molecule has 1 aromatic carbocycles. The zero-order valence-corrected chi connectivity index (χ0v) is 18.5. The highest BCUT2D eigenvalue weighted by molar-refractivity contribution is 5.74. The molecule has 0 aliphatic carbocycles. The predicted octanol–water partition coefficient (Wildman–Crippen LogP) is 2.40. The molecule has 0 spiro atoms. The third-order valence-corrected chi connectivity index (χ3v) is 5.89. The van der Waals surface area contributed by atoms with Gasteiger partial charge in [-0.2, -0.15) is 0 Å². The Kier molecular flexibility index (Phi) is 6.75. The Balaban J connectivity index is 1.49. The lowest BCUT2D eigenvalue weighted by atomic mass is 10.1. The van der Waals surface area contributed by atoms with Crippen LogP contribution in [0.15, 0.2) is 47.4 Å². The lowest BCUT2D eigenvalue weighted by Crippen LogP contribution is -2.47. The van der Waals surface area contributed by atoms with Crippen LogP contribution in [-0.2, 0) is 17.8 Å². The molecule has 1 fully saturated rings. The van der Waals surface area contributed by atoms with E-state index in [1.807, 2.05) is 36.4 Å². The summed E-state index contributed by atoms with van der Waals surface area (Å²) in [5, 5.41) is 2.98. The van der Waals surface area contributed by atoms with Crippen LogP contribution in [0.25, 0.3) is 11.2 Å². The molecule has 9 nitrogen and oxygen atoms in total. The van der Waals surface area contributed by atoms with Crippen molar-refractivity contribution in [3.05, 3.63) is 58.6 Å². The van der Waals surface area contributed by atoms with Crippen LogP contribution in [0.3, 0.4) is 0 Å². The van der Waals surface area contributed by atoms with Crippen LogP contribution in [0.4, 0.5) is 4.79 Å². The van der Waals surface area contributed by atoms with E-state index < -0.39 is 0 Å². The largest absolute Gasteiger partial charge is 0.497 e. The minimum Gasteiger partial charge on any atom is -0.497 e. The molecular formula is C23H29N5O4. The molecule has 1 N–H and O–H groups in total. The van der Waals surface area contributed by atoms with E-state index in [9.17, 15) is 9.59 Å². The quantitative estimate of drug-likeness (QED) is 0.611. The first-order valence-corrected chi connectivity index (χ1v) is 10.8. The van der Waals surface area contributed by atoms with Gasteiger partial charge in [0.1, 0.15) is 5.75 Å². The Morgan fingerprint density at radius 3 is 2.78 bits per heavy atom. The highest BCUT2D eigenvalue weighted by Crippen LogP contribution is 2.24. The Morgan fingerprint density at radius 1 is 1.22 bits per heavy atom. The molecule has 9 heteroatoms. The average Bonchev–Trinajstić information content (AvgIpc) is 3.12. The number of nitrogens with zero attached hydrogens (tertiary/aromatic N) is 4. The number of urea groups is 1. The smallest absolute Gasteiger partial charge is 0.330 e. The number of aromatic nitrogens is 3. The number of nitrogens with one attached hydrogen (secondary N) is 1. The molecule has 170 valence electrons. The van der Waals surface area contributed by atoms with Crippen molar-refractivity contribution in [2.45, 2.75) is 32.0 Å². The molecule has 4 rings (SSSR count). The number of fused-ring (bicyclic) bond motifs is 1. The van der Waals surface area contributed by atoms with Gasteiger partial charge >= 0.3 is 11.7 Å². The van der Waals surface area contributed by atoms with Crippen molar-refractivity contribution in [1.29, 1.82) is 0 Å². The van der Waals surface area contributed by atoms with Gasteiger partial charge in [0.05, 0.1) is 31.8 Å². The van der Waals surface area contributed by atoms with E-state index in [2.05, 4.69) is 10.3 Å². The number of methoxy groups -OCH3 is 2. The van der Waals surface area contributed by atoms with Gasteiger partial charge in [-0.25, -0.2) is 14.6 Å². The molecule has 32 heavy (non-hydrogen) atoms. The van der Waals surface area contributed by atoms with Crippen LogP contribution in [0, 0.1) is 0 Å². The van der Waals surface area contributed by atoms with Crippen LogP contribution < -0.4 is 15.7 Å². The highest BCUT2D eigenvalue weighted by Gasteiger charge is 2.28. The second-order valence-electron chi connectivity index (χ2n) is 7.89. The molecular weight excluding hydrogens is 410 g/mol. The summed E-state index contributed by atoms with van der Waals surface area (Å²) in [6.07, 6.45) is 3.34. The van der Waals surface area contributed by atoms with Gasteiger partial charge in [-0.05, 0) is 42.7 Å². The number of piperidine rings is 1. The van der Waals surface area contributed by atoms with Crippen molar-refractivity contribution in [3.8, 4) is 5.75 Å². The van der Waals surface area contributed by atoms with E-state index in [0.717, 1.165) is 29.7 Å². The number of carbonyl (C=O) groups excluding carboxylic acids is 1. The monoisotopic (exact) mass is 439 g/mol. The molecule has 0 bridgehead atoms. The van der Waals surface area contributed by atoms with Crippen molar-refractivity contribution in [2.75, 3.05) is 33.9 Å². The van der Waals surface area contributed by atoms with Crippen LogP contribution in [0.2, 0.25) is 0 Å². The molecule has 0 unspecified atom stereocenters. The van der Waals surface area contributed by atoms with Crippen LogP contribution in [0.5, 0.6) is 5.75 Å². The van der Waals surface area contributed by atoms with Gasteiger partial charge < -0.3 is 19.7 Å². The molecule has 3 heterocycles. The summed E-state index contributed by atoms with van der Waals surface area (Å²) in [5.74, 6) is 0.780. The molecule has 1 aliphatic heterocycles. The second-order valence-corrected chi connectivity index (χ2v) is 7.89. The summed E-state index contributed by atoms with van der Waals surface area (Å²) in [5.41, 5.74) is 2.32. The number of hydrogen-bond acceptors (Lipinski definition) is 5. The first-order valence-electron chi connectivity index (χ1n) is 10.8. The normalized spacial score (nSPS) is 16.3. The SMILES string of the molecule is COCCn1c(=O)n([C@H]2CCCN(C(=O)NCc3ccc(OC)cc3)C2)c2ncccc21. The molecule has 3 aromatic rings. The Morgan fingerprint density at radius 2 is 2.03 bits per heavy atom. The van der Waals surface area contributed by atoms with E-state index in [4.69, 9.17) is 9.47 Å². The standard InChI is InChI=1S/C23H29N5O4/c1-31-14-13-27-20-6-3-11-24-21(20)28(23(27)30)18-5-4-12-26(16-18)22(29)25-15-17-7-9-19(32-2)10-8-17/h3,6-11,18H,4-5,12-16H2,1-2H3,(H,25,29)/t18-/m0/s1. The fraction of sp³-hybridized carbons (Fsp3) is 0.435. The predicted molar refractivity (Wildman–Crippen MR) is 121 cm³/mol. The van der Waals surface area contributed by atoms with Gasteiger partial charge in [-0.15, -0.1) is 0 Å². The zero-order chi connectivity index (χ0) is 22.5. The zero-order valence-electron chi connectivity index (χ0n) is 18.5. The summed E-state index contributed by atoms with van der Waals surface area (Å²) >= 11 is 0. The minimum atomic E-state index is -0.130. The number of carbonyl (C=O) groups is 1. The molecule has 1 saturated heterocycles. The molecule has 1 aliphatic rings. The van der Waals surface area contributed by atoms with Gasteiger partial charge in [0.25, 0.3) is 0 Å². The number of pyridine rings is 1. The third kappa shape index (κ3) is 4.47. The fourth-order valence-corrected chi connectivity index (χ4v) is 4.22. The summed E-state index contributed by atoms with van der Waals surface area (Å²) in [7, 11) is 3.24. The van der Waals surface area contributed by atoms with Crippen molar-refractivity contribution in [3.63, 3.8) is 0 Å².